The van der Waals surface area contributed by atoms with Gasteiger partial charge in [0.25, 0.3) is 5.91 Å². The molecular formula is C25H26F2N2O3. The first kappa shape index (κ1) is 23.3. The second kappa shape index (κ2) is 10.3. The van der Waals surface area contributed by atoms with Crippen LogP contribution in [0.4, 0.5) is 8.78 Å². The van der Waals surface area contributed by atoms with Crippen LogP contribution in [0.3, 0.4) is 0 Å². The van der Waals surface area contributed by atoms with Crippen LogP contribution in [0.5, 0.6) is 0 Å². The highest BCUT2D eigenvalue weighted by Gasteiger charge is 2.32. The first-order valence-corrected chi connectivity index (χ1v) is 10.6. The number of aliphatic hydroxyl groups is 1. The molecule has 2 atom stereocenters. The molecule has 168 valence electrons. The van der Waals surface area contributed by atoms with Crippen molar-refractivity contribution in [1.82, 2.24) is 4.90 Å². The van der Waals surface area contributed by atoms with Crippen molar-refractivity contribution in [1.29, 1.82) is 5.41 Å². The van der Waals surface area contributed by atoms with Gasteiger partial charge in [-0.25, -0.2) is 8.78 Å². The van der Waals surface area contributed by atoms with Crippen molar-refractivity contribution >= 4 is 17.9 Å². The number of aliphatic hydroxyl groups excluding tert-OH is 1. The summed E-state index contributed by atoms with van der Waals surface area (Å²) >= 11 is 0. The van der Waals surface area contributed by atoms with E-state index in [4.69, 9.17) is 5.41 Å². The number of likely N-dealkylation sites (tertiary alicyclic amines) is 1. The molecule has 1 aliphatic heterocycles. The van der Waals surface area contributed by atoms with Crippen LogP contribution < -0.4 is 0 Å². The summed E-state index contributed by atoms with van der Waals surface area (Å²) in [4.78, 5) is 25.7. The molecule has 2 aromatic carbocycles. The van der Waals surface area contributed by atoms with E-state index >= 15 is 0 Å². The van der Waals surface area contributed by atoms with E-state index in [0.717, 1.165) is 18.1 Å². The zero-order valence-electron chi connectivity index (χ0n) is 17.9. The normalized spacial score (nSPS) is 17.3. The molecule has 0 saturated carbocycles. The third-order valence-corrected chi connectivity index (χ3v) is 5.95. The molecule has 1 amide bonds. The lowest BCUT2D eigenvalue weighted by Gasteiger charge is -2.29. The third-order valence-electron chi connectivity index (χ3n) is 5.95. The van der Waals surface area contributed by atoms with Crippen molar-refractivity contribution in [3.05, 3.63) is 82.6 Å². The highest BCUT2D eigenvalue weighted by molar-refractivity contribution is 6.33. The molecule has 0 bridgehead atoms. The maximum atomic E-state index is 14.8. The number of ketones is 1. The SMILES string of the molecule is CCc1cc([C@H](C[C@H]2CCCN2C(=O)/C=C(\O)C(=O)C=N)c2ccccc2F)ccc1F. The third kappa shape index (κ3) is 5.10. The Bertz CT molecular complexity index is 1050. The summed E-state index contributed by atoms with van der Waals surface area (Å²) in [6, 6.07) is 11.0. The van der Waals surface area contributed by atoms with Crippen molar-refractivity contribution in [2.75, 3.05) is 6.54 Å². The first-order chi connectivity index (χ1) is 15.3. The lowest BCUT2D eigenvalue weighted by molar-refractivity contribution is -0.127. The predicted octanol–water partition coefficient (Wildman–Crippen LogP) is 4.70. The highest BCUT2D eigenvalue weighted by atomic mass is 19.1. The van der Waals surface area contributed by atoms with Gasteiger partial charge in [-0.1, -0.05) is 37.3 Å². The number of allylic oxidation sites excluding steroid dienone is 1. The number of rotatable bonds is 8. The van der Waals surface area contributed by atoms with Gasteiger partial charge in [-0.15, -0.1) is 0 Å². The fourth-order valence-electron chi connectivity index (χ4n) is 4.27. The number of hydrogen-bond acceptors (Lipinski definition) is 4. The van der Waals surface area contributed by atoms with E-state index in [1.165, 1.54) is 12.1 Å². The van der Waals surface area contributed by atoms with Gasteiger partial charge >= 0.3 is 0 Å². The Hall–Kier alpha value is -3.35. The minimum Gasteiger partial charge on any atom is -0.504 e. The first-order valence-electron chi connectivity index (χ1n) is 10.6. The summed E-state index contributed by atoms with van der Waals surface area (Å²) < 4.78 is 28.9. The smallest absolute Gasteiger partial charge is 0.250 e. The summed E-state index contributed by atoms with van der Waals surface area (Å²) in [7, 11) is 0. The monoisotopic (exact) mass is 440 g/mol. The van der Waals surface area contributed by atoms with Crippen LogP contribution in [0, 0.1) is 17.0 Å². The van der Waals surface area contributed by atoms with Crippen LogP contribution in [-0.4, -0.2) is 40.5 Å². The molecule has 1 heterocycles. The zero-order valence-corrected chi connectivity index (χ0v) is 17.9. The molecule has 0 radical (unpaired) electrons. The Morgan fingerprint density at radius 2 is 1.97 bits per heavy atom. The minimum atomic E-state index is -0.947. The van der Waals surface area contributed by atoms with Crippen molar-refractivity contribution < 1.29 is 23.5 Å². The van der Waals surface area contributed by atoms with Gasteiger partial charge in [-0.3, -0.25) is 9.59 Å². The molecule has 2 N–H and O–H groups in total. The maximum Gasteiger partial charge on any atom is 0.250 e. The van der Waals surface area contributed by atoms with Crippen molar-refractivity contribution in [3.63, 3.8) is 0 Å². The number of hydrogen-bond donors (Lipinski definition) is 2. The van der Waals surface area contributed by atoms with Crippen LogP contribution >= 0.6 is 0 Å². The average Bonchev–Trinajstić information content (AvgIpc) is 3.26. The van der Waals surface area contributed by atoms with Crippen molar-refractivity contribution in [3.8, 4) is 0 Å². The number of Topliss-reactive ketones (excluding diaryl/α,β-unsaturated/α-hetero) is 1. The van der Waals surface area contributed by atoms with Gasteiger partial charge in [0.15, 0.2) is 5.76 Å². The summed E-state index contributed by atoms with van der Waals surface area (Å²) in [6.45, 7) is 2.30. The molecule has 0 aliphatic carbocycles. The molecule has 0 unspecified atom stereocenters. The molecule has 0 spiro atoms. The lowest BCUT2D eigenvalue weighted by atomic mass is 9.84. The van der Waals surface area contributed by atoms with E-state index in [9.17, 15) is 23.5 Å². The summed E-state index contributed by atoms with van der Waals surface area (Å²) in [5.74, 6) is -3.34. The number of carbonyl (C=O) groups is 2. The van der Waals surface area contributed by atoms with Crippen molar-refractivity contribution in [2.45, 2.75) is 44.6 Å². The Kier molecular flexibility index (Phi) is 7.51. The molecule has 1 saturated heterocycles. The van der Waals surface area contributed by atoms with E-state index in [1.54, 1.807) is 35.2 Å². The number of aryl methyl sites for hydroxylation is 1. The number of halogens is 2. The molecule has 3 rings (SSSR count). The Labute approximate surface area is 185 Å². The lowest BCUT2D eigenvalue weighted by Crippen LogP contribution is -2.36. The maximum absolute atomic E-state index is 14.8. The van der Waals surface area contributed by atoms with Crippen LogP contribution in [0.2, 0.25) is 0 Å². The van der Waals surface area contributed by atoms with Gasteiger partial charge in [-0.2, -0.15) is 0 Å². The molecular weight excluding hydrogens is 414 g/mol. The standard InChI is InChI=1S/C25H26F2N2O3/c1-2-16-12-17(9-10-21(16)26)20(19-7-3-4-8-22(19)27)13-18-6-5-11-29(18)25(32)14-23(30)24(31)15-28/h3-4,7-10,12,14-15,18,20,28,30H,2,5-6,11,13H2,1H3/b23-14-,28-15?/t18-,20+/m1/s1. The van der Waals surface area contributed by atoms with Gasteiger partial charge in [0, 0.05) is 24.6 Å². The second-order valence-electron chi connectivity index (χ2n) is 7.88. The number of carbonyl (C=O) groups excluding carboxylic acids is 2. The van der Waals surface area contributed by atoms with Gasteiger partial charge in [0.2, 0.25) is 5.78 Å². The average molecular weight is 440 g/mol. The van der Waals surface area contributed by atoms with Gasteiger partial charge in [0.1, 0.15) is 11.6 Å². The van der Waals surface area contributed by atoms with Crippen LogP contribution in [0.1, 0.15) is 48.8 Å². The number of nitrogens with one attached hydrogen (secondary N) is 1. The van der Waals surface area contributed by atoms with Crippen LogP contribution in [0.25, 0.3) is 0 Å². The Morgan fingerprint density at radius 3 is 2.66 bits per heavy atom. The van der Waals surface area contributed by atoms with E-state index in [0.29, 0.717) is 43.1 Å². The molecule has 32 heavy (non-hydrogen) atoms. The molecule has 2 aromatic rings. The van der Waals surface area contributed by atoms with E-state index in [-0.39, 0.29) is 17.7 Å². The Balaban J connectivity index is 1.94. The van der Waals surface area contributed by atoms with Crippen molar-refractivity contribution in [2.24, 2.45) is 0 Å². The summed E-state index contributed by atoms with van der Waals surface area (Å²) in [5.41, 5.74) is 1.78. The minimum absolute atomic E-state index is 0.249. The van der Waals surface area contributed by atoms with Crippen LogP contribution in [-0.2, 0) is 16.0 Å². The molecule has 5 nitrogen and oxygen atoms in total. The quantitative estimate of drug-likeness (QED) is 0.355. The molecule has 7 heteroatoms. The zero-order chi connectivity index (χ0) is 23.3. The summed E-state index contributed by atoms with van der Waals surface area (Å²) in [5, 5.41) is 16.6. The predicted molar refractivity (Wildman–Crippen MR) is 118 cm³/mol. The van der Waals surface area contributed by atoms with E-state index in [2.05, 4.69) is 0 Å². The van der Waals surface area contributed by atoms with Gasteiger partial charge < -0.3 is 15.4 Å². The van der Waals surface area contributed by atoms with Crippen LogP contribution in [0.15, 0.2) is 54.3 Å². The number of nitrogens with zero attached hydrogens (tertiary/aromatic N) is 1. The number of amides is 1. The Morgan fingerprint density at radius 1 is 1.22 bits per heavy atom. The van der Waals surface area contributed by atoms with E-state index in [1.807, 2.05) is 6.92 Å². The fraction of sp³-hybridized carbons (Fsp3) is 0.320. The van der Waals surface area contributed by atoms with Gasteiger partial charge in [0.05, 0.1) is 6.21 Å². The highest BCUT2D eigenvalue weighted by Crippen LogP contribution is 2.36. The molecule has 1 aliphatic rings. The topological polar surface area (TPSA) is 81.5 Å². The fourth-order valence-corrected chi connectivity index (χ4v) is 4.27. The van der Waals surface area contributed by atoms with E-state index < -0.39 is 23.4 Å². The van der Waals surface area contributed by atoms with Gasteiger partial charge in [-0.05, 0) is 54.5 Å². The largest absolute Gasteiger partial charge is 0.504 e. The molecule has 0 aromatic heterocycles. The summed E-state index contributed by atoms with van der Waals surface area (Å²) in [6.07, 6.45) is 3.60. The second-order valence-corrected chi connectivity index (χ2v) is 7.88. The molecule has 1 fully saturated rings. The number of benzene rings is 2.